The third kappa shape index (κ3) is 3.98. The van der Waals surface area contributed by atoms with E-state index in [1.807, 2.05) is 67.7 Å². The maximum atomic E-state index is 11.7. The molecule has 0 fully saturated rings. The molecule has 1 amide bonds. The zero-order valence-electron chi connectivity index (χ0n) is 17.5. The van der Waals surface area contributed by atoms with Gasteiger partial charge in [-0.3, -0.25) is 9.78 Å². The average molecular weight is 419 g/mol. The quantitative estimate of drug-likeness (QED) is 0.369. The Bertz CT molecular complexity index is 1450. The number of amides is 1. The molecule has 0 radical (unpaired) electrons. The van der Waals surface area contributed by atoms with Crippen molar-refractivity contribution in [1.82, 2.24) is 15.0 Å². The molecule has 5 rings (SSSR count). The lowest BCUT2D eigenvalue weighted by Gasteiger charge is -2.11. The van der Waals surface area contributed by atoms with E-state index in [-0.39, 0.29) is 5.91 Å². The number of hydrogen-bond donors (Lipinski definition) is 2. The van der Waals surface area contributed by atoms with E-state index >= 15 is 0 Å². The maximum Gasteiger partial charge on any atom is 0.224 e. The molecule has 0 spiro atoms. The summed E-state index contributed by atoms with van der Waals surface area (Å²) in [6.07, 6.45) is 3.87. The molecular weight excluding hydrogens is 398 g/mol. The SMILES string of the molecule is CCC(=O)Nc1cccc(Nc2ncnc3ccc(-c4cnc5ccccc5c4)cc23)c1. The molecule has 156 valence electrons. The number of aromatic nitrogens is 3. The lowest BCUT2D eigenvalue weighted by molar-refractivity contribution is -0.115. The summed E-state index contributed by atoms with van der Waals surface area (Å²) in [6.45, 7) is 1.83. The number of para-hydroxylation sites is 1. The molecule has 6 nitrogen and oxygen atoms in total. The van der Waals surface area contributed by atoms with Gasteiger partial charge < -0.3 is 10.6 Å². The van der Waals surface area contributed by atoms with Gasteiger partial charge in [0.1, 0.15) is 12.1 Å². The Balaban J connectivity index is 1.51. The van der Waals surface area contributed by atoms with Gasteiger partial charge in [-0.15, -0.1) is 0 Å². The lowest BCUT2D eigenvalue weighted by Crippen LogP contribution is -2.09. The molecule has 32 heavy (non-hydrogen) atoms. The van der Waals surface area contributed by atoms with Crippen molar-refractivity contribution in [3.63, 3.8) is 0 Å². The third-order valence-corrected chi connectivity index (χ3v) is 5.29. The van der Waals surface area contributed by atoms with Crippen LogP contribution in [0.4, 0.5) is 17.2 Å². The zero-order valence-corrected chi connectivity index (χ0v) is 17.5. The average Bonchev–Trinajstić information content (AvgIpc) is 2.84. The van der Waals surface area contributed by atoms with E-state index in [2.05, 4.69) is 43.8 Å². The van der Waals surface area contributed by atoms with Crippen molar-refractivity contribution in [3.05, 3.63) is 85.3 Å². The molecular formula is C26H21N5O. The summed E-state index contributed by atoms with van der Waals surface area (Å²) >= 11 is 0. The number of carbonyl (C=O) groups excluding carboxylic acids is 1. The Hall–Kier alpha value is -4.32. The van der Waals surface area contributed by atoms with Crippen LogP contribution in [-0.4, -0.2) is 20.9 Å². The molecule has 3 aromatic carbocycles. The van der Waals surface area contributed by atoms with Gasteiger partial charge in [0, 0.05) is 40.3 Å². The van der Waals surface area contributed by atoms with E-state index in [4.69, 9.17) is 0 Å². The largest absolute Gasteiger partial charge is 0.340 e. The van der Waals surface area contributed by atoms with E-state index in [0.29, 0.717) is 12.2 Å². The Morgan fingerprint density at radius 2 is 1.69 bits per heavy atom. The summed E-state index contributed by atoms with van der Waals surface area (Å²) in [5, 5.41) is 8.25. The highest BCUT2D eigenvalue weighted by molar-refractivity contribution is 5.95. The van der Waals surface area contributed by atoms with Gasteiger partial charge in [-0.25, -0.2) is 9.97 Å². The molecule has 5 aromatic rings. The predicted octanol–water partition coefficient (Wildman–Crippen LogP) is 5.94. The highest BCUT2D eigenvalue weighted by atomic mass is 16.1. The smallest absolute Gasteiger partial charge is 0.224 e. The minimum absolute atomic E-state index is 0.0247. The van der Waals surface area contributed by atoms with Crippen LogP contribution in [0.3, 0.4) is 0 Å². The second-order valence-corrected chi connectivity index (χ2v) is 7.48. The summed E-state index contributed by atoms with van der Waals surface area (Å²) in [7, 11) is 0. The van der Waals surface area contributed by atoms with Crippen LogP contribution in [0.1, 0.15) is 13.3 Å². The lowest BCUT2D eigenvalue weighted by atomic mass is 10.0. The van der Waals surface area contributed by atoms with Crippen molar-refractivity contribution in [1.29, 1.82) is 0 Å². The van der Waals surface area contributed by atoms with Crippen LogP contribution in [0, 0.1) is 0 Å². The minimum Gasteiger partial charge on any atom is -0.340 e. The van der Waals surface area contributed by atoms with Crippen molar-refractivity contribution < 1.29 is 4.79 Å². The van der Waals surface area contributed by atoms with Gasteiger partial charge in [-0.1, -0.05) is 37.3 Å². The minimum atomic E-state index is -0.0247. The highest BCUT2D eigenvalue weighted by Crippen LogP contribution is 2.30. The number of benzene rings is 3. The fraction of sp³-hybridized carbons (Fsp3) is 0.0769. The van der Waals surface area contributed by atoms with Gasteiger partial charge in [0.05, 0.1) is 11.0 Å². The molecule has 0 saturated heterocycles. The molecule has 6 heteroatoms. The zero-order chi connectivity index (χ0) is 21.9. The van der Waals surface area contributed by atoms with Gasteiger partial charge in [0.2, 0.25) is 5.91 Å². The Morgan fingerprint density at radius 3 is 2.59 bits per heavy atom. The van der Waals surface area contributed by atoms with Crippen LogP contribution in [0.25, 0.3) is 32.9 Å². The first kappa shape index (κ1) is 19.6. The van der Waals surface area contributed by atoms with E-state index < -0.39 is 0 Å². The van der Waals surface area contributed by atoms with Crippen molar-refractivity contribution in [2.45, 2.75) is 13.3 Å². The molecule has 2 aromatic heterocycles. The van der Waals surface area contributed by atoms with Crippen molar-refractivity contribution in [2.24, 2.45) is 0 Å². The van der Waals surface area contributed by atoms with Gasteiger partial charge in [-0.05, 0) is 48.0 Å². The molecule has 0 aliphatic carbocycles. The van der Waals surface area contributed by atoms with Crippen LogP contribution >= 0.6 is 0 Å². The fourth-order valence-electron chi connectivity index (χ4n) is 3.63. The van der Waals surface area contributed by atoms with Gasteiger partial charge >= 0.3 is 0 Å². The number of hydrogen-bond acceptors (Lipinski definition) is 5. The van der Waals surface area contributed by atoms with Gasteiger partial charge in [0.25, 0.3) is 0 Å². The van der Waals surface area contributed by atoms with E-state index in [0.717, 1.165) is 44.3 Å². The standard InChI is InChI=1S/C26H21N5O/c1-2-25(32)30-20-7-5-8-21(14-20)31-26-22-13-17(10-11-24(22)28-16-29-26)19-12-18-6-3-4-9-23(18)27-15-19/h3-16H,2H2,1H3,(H,30,32)(H,28,29,31). The van der Waals surface area contributed by atoms with Crippen LogP contribution in [0.2, 0.25) is 0 Å². The Morgan fingerprint density at radius 1 is 0.812 bits per heavy atom. The summed E-state index contributed by atoms with van der Waals surface area (Å²) in [5.41, 5.74) is 5.45. The molecule has 0 atom stereocenters. The Labute approximate surface area is 185 Å². The second kappa shape index (κ2) is 8.43. The number of nitrogens with one attached hydrogen (secondary N) is 2. The molecule has 0 saturated carbocycles. The van der Waals surface area contributed by atoms with Crippen LogP contribution < -0.4 is 10.6 Å². The van der Waals surface area contributed by atoms with Crippen molar-refractivity contribution in [2.75, 3.05) is 10.6 Å². The monoisotopic (exact) mass is 419 g/mol. The predicted molar refractivity (Wildman–Crippen MR) is 129 cm³/mol. The maximum absolute atomic E-state index is 11.7. The fourth-order valence-corrected chi connectivity index (χ4v) is 3.63. The van der Waals surface area contributed by atoms with Crippen LogP contribution in [0.15, 0.2) is 85.3 Å². The number of anilines is 3. The van der Waals surface area contributed by atoms with Gasteiger partial charge in [0.15, 0.2) is 0 Å². The van der Waals surface area contributed by atoms with Crippen LogP contribution in [-0.2, 0) is 4.79 Å². The third-order valence-electron chi connectivity index (χ3n) is 5.29. The van der Waals surface area contributed by atoms with E-state index in [1.54, 1.807) is 6.33 Å². The highest BCUT2D eigenvalue weighted by Gasteiger charge is 2.09. The van der Waals surface area contributed by atoms with Crippen molar-refractivity contribution >= 4 is 44.9 Å². The summed E-state index contributed by atoms with van der Waals surface area (Å²) in [5.74, 6) is 0.674. The molecule has 0 unspecified atom stereocenters. The summed E-state index contributed by atoms with van der Waals surface area (Å²) in [4.78, 5) is 25.2. The Kier molecular flexibility index (Phi) is 5.17. The normalized spacial score (nSPS) is 10.9. The first-order chi connectivity index (χ1) is 15.7. The first-order valence-electron chi connectivity index (χ1n) is 10.5. The molecule has 2 N–H and O–H groups in total. The van der Waals surface area contributed by atoms with Crippen LogP contribution in [0.5, 0.6) is 0 Å². The first-order valence-corrected chi connectivity index (χ1v) is 10.5. The number of pyridine rings is 1. The number of fused-ring (bicyclic) bond motifs is 2. The molecule has 0 aliphatic rings. The molecule has 0 aliphatic heterocycles. The van der Waals surface area contributed by atoms with Crippen molar-refractivity contribution in [3.8, 4) is 11.1 Å². The molecule has 0 bridgehead atoms. The van der Waals surface area contributed by atoms with E-state index in [1.165, 1.54) is 0 Å². The summed E-state index contributed by atoms with van der Waals surface area (Å²) in [6, 6.07) is 23.9. The summed E-state index contributed by atoms with van der Waals surface area (Å²) < 4.78 is 0. The van der Waals surface area contributed by atoms with E-state index in [9.17, 15) is 4.79 Å². The number of rotatable bonds is 5. The topological polar surface area (TPSA) is 79.8 Å². The number of carbonyl (C=O) groups is 1. The molecule has 2 heterocycles. The number of nitrogens with zero attached hydrogens (tertiary/aromatic N) is 3. The van der Waals surface area contributed by atoms with Gasteiger partial charge in [-0.2, -0.15) is 0 Å². The second-order valence-electron chi connectivity index (χ2n) is 7.48.